The Kier molecular flexibility index (Phi) is 4.06. The predicted molar refractivity (Wildman–Crippen MR) is 39.7 cm³/mol. The van der Waals surface area contributed by atoms with Crippen LogP contribution in [-0.4, -0.2) is 31.7 Å². The number of rotatable bonds is 0. The normalized spacial score (nSPS) is 16.7. The standard InChI is InChI=1S/C4H7NO.CH4O3S/c6-4-2-1-3-5-4;1-5(2,3)4/h1-3H2,(H,5,6);1H3,(H,2,3,4). The second kappa shape index (κ2) is 4.30. The zero-order chi connectivity index (χ0) is 8.91. The van der Waals surface area contributed by atoms with Gasteiger partial charge in [-0.1, -0.05) is 0 Å². The quantitative estimate of drug-likeness (QED) is 0.489. The molecule has 6 heteroatoms. The summed E-state index contributed by atoms with van der Waals surface area (Å²) in [4.78, 5) is 10.1. The molecule has 11 heavy (non-hydrogen) atoms. The van der Waals surface area contributed by atoms with Crippen molar-refractivity contribution < 1.29 is 17.8 Å². The predicted octanol–water partition coefficient (Wildman–Crippen LogP) is -0.600. The molecule has 1 rings (SSSR count). The van der Waals surface area contributed by atoms with Crippen LogP contribution in [0, 0.1) is 0 Å². The van der Waals surface area contributed by atoms with Crippen molar-refractivity contribution in [1.82, 2.24) is 5.32 Å². The van der Waals surface area contributed by atoms with E-state index in [4.69, 9.17) is 4.55 Å². The Morgan fingerprint density at radius 3 is 2.09 bits per heavy atom. The summed E-state index contributed by atoms with van der Waals surface area (Å²) in [7, 11) is -3.67. The molecule has 0 radical (unpaired) electrons. The van der Waals surface area contributed by atoms with Gasteiger partial charge in [0.05, 0.1) is 6.26 Å². The van der Waals surface area contributed by atoms with Gasteiger partial charge >= 0.3 is 0 Å². The van der Waals surface area contributed by atoms with Crippen LogP contribution in [0.3, 0.4) is 0 Å². The van der Waals surface area contributed by atoms with E-state index in [-0.39, 0.29) is 5.91 Å². The molecule has 0 bridgehead atoms. The molecule has 1 saturated heterocycles. The molecule has 1 heterocycles. The van der Waals surface area contributed by atoms with Gasteiger partial charge in [-0.05, 0) is 6.42 Å². The fourth-order valence-corrected chi connectivity index (χ4v) is 0.565. The van der Waals surface area contributed by atoms with Gasteiger partial charge < -0.3 is 5.32 Å². The Hall–Kier alpha value is -0.620. The molecule has 66 valence electrons. The largest absolute Gasteiger partial charge is 0.356 e. The molecular weight excluding hydrogens is 170 g/mol. The van der Waals surface area contributed by atoms with Crippen LogP contribution in [0.25, 0.3) is 0 Å². The first kappa shape index (κ1) is 10.4. The highest BCUT2D eigenvalue weighted by atomic mass is 32.2. The van der Waals surface area contributed by atoms with Crippen LogP contribution in [-0.2, 0) is 14.9 Å². The number of nitrogens with one attached hydrogen (secondary N) is 1. The van der Waals surface area contributed by atoms with E-state index in [0.29, 0.717) is 6.26 Å². The molecule has 2 N–H and O–H groups in total. The van der Waals surface area contributed by atoms with Crippen LogP contribution in [0.15, 0.2) is 0 Å². The van der Waals surface area contributed by atoms with Crippen molar-refractivity contribution in [2.45, 2.75) is 12.8 Å². The Balaban J connectivity index is 0.000000187. The van der Waals surface area contributed by atoms with E-state index < -0.39 is 10.1 Å². The molecule has 0 aromatic carbocycles. The van der Waals surface area contributed by atoms with Crippen LogP contribution in [0.2, 0.25) is 0 Å². The van der Waals surface area contributed by atoms with Crippen molar-refractivity contribution in [1.29, 1.82) is 0 Å². The summed E-state index contributed by atoms with van der Waals surface area (Å²) in [5.41, 5.74) is 0. The molecule has 0 saturated carbocycles. The maximum absolute atomic E-state index is 10.1. The summed E-state index contributed by atoms with van der Waals surface area (Å²) in [5, 5.41) is 2.68. The number of hydrogen-bond acceptors (Lipinski definition) is 3. The third-order valence-corrected chi connectivity index (χ3v) is 0.903. The minimum absolute atomic E-state index is 0.204. The summed E-state index contributed by atoms with van der Waals surface area (Å²) >= 11 is 0. The number of amides is 1. The van der Waals surface area contributed by atoms with Crippen LogP contribution in [0.4, 0.5) is 0 Å². The van der Waals surface area contributed by atoms with Crippen molar-refractivity contribution in [2.75, 3.05) is 12.8 Å². The van der Waals surface area contributed by atoms with Gasteiger partial charge in [0.1, 0.15) is 0 Å². The van der Waals surface area contributed by atoms with Gasteiger partial charge in [-0.25, -0.2) is 0 Å². The second-order valence-corrected chi connectivity index (χ2v) is 3.65. The van der Waals surface area contributed by atoms with Gasteiger partial charge in [-0.3, -0.25) is 9.35 Å². The summed E-state index contributed by atoms with van der Waals surface area (Å²) in [6.45, 7) is 0.888. The van der Waals surface area contributed by atoms with Crippen LogP contribution in [0.5, 0.6) is 0 Å². The van der Waals surface area contributed by atoms with Gasteiger partial charge in [0.2, 0.25) is 5.91 Å². The minimum Gasteiger partial charge on any atom is -0.356 e. The van der Waals surface area contributed by atoms with Gasteiger partial charge in [0.25, 0.3) is 10.1 Å². The maximum Gasteiger partial charge on any atom is 0.261 e. The first-order valence-corrected chi connectivity index (χ1v) is 4.93. The molecule has 5 nitrogen and oxygen atoms in total. The Bertz CT molecular complexity index is 205. The first-order valence-electron chi connectivity index (χ1n) is 3.09. The van der Waals surface area contributed by atoms with E-state index in [1.165, 1.54) is 0 Å². The summed E-state index contributed by atoms with van der Waals surface area (Å²) in [6.07, 6.45) is 2.48. The van der Waals surface area contributed by atoms with Crippen molar-refractivity contribution in [3.05, 3.63) is 0 Å². The van der Waals surface area contributed by atoms with Crippen molar-refractivity contribution in [2.24, 2.45) is 0 Å². The Labute approximate surface area is 65.5 Å². The zero-order valence-corrected chi connectivity index (χ0v) is 7.02. The topological polar surface area (TPSA) is 83.5 Å². The maximum atomic E-state index is 10.1. The third kappa shape index (κ3) is 12.6. The average molecular weight is 181 g/mol. The molecule has 1 fully saturated rings. The monoisotopic (exact) mass is 181 g/mol. The molecule has 0 atom stereocenters. The van der Waals surface area contributed by atoms with Gasteiger partial charge in [-0.2, -0.15) is 8.42 Å². The lowest BCUT2D eigenvalue weighted by molar-refractivity contribution is -0.119. The zero-order valence-electron chi connectivity index (χ0n) is 6.20. The van der Waals surface area contributed by atoms with Crippen molar-refractivity contribution in [3.63, 3.8) is 0 Å². The van der Waals surface area contributed by atoms with E-state index in [0.717, 1.165) is 19.4 Å². The molecule has 1 amide bonds. The van der Waals surface area contributed by atoms with Gasteiger partial charge in [-0.15, -0.1) is 0 Å². The summed E-state index contributed by atoms with van der Waals surface area (Å²) < 4.78 is 25.9. The van der Waals surface area contributed by atoms with E-state index in [1.807, 2.05) is 0 Å². The fourth-order valence-electron chi connectivity index (χ4n) is 0.565. The molecular formula is C5H11NO4S. The lowest BCUT2D eigenvalue weighted by Crippen LogP contribution is -2.12. The van der Waals surface area contributed by atoms with E-state index in [9.17, 15) is 13.2 Å². The lowest BCUT2D eigenvalue weighted by Gasteiger charge is -1.80. The molecule has 1 aliphatic rings. The highest BCUT2D eigenvalue weighted by Crippen LogP contribution is 1.93. The molecule has 0 aromatic rings. The number of carbonyl (C=O) groups is 1. The third-order valence-electron chi connectivity index (χ3n) is 0.903. The SMILES string of the molecule is CS(=O)(=O)O.O=C1CCCN1. The van der Waals surface area contributed by atoms with E-state index in [2.05, 4.69) is 5.32 Å². The molecule has 0 aromatic heterocycles. The second-order valence-electron chi connectivity index (χ2n) is 2.19. The lowest BCUT2D eigenvalue weighted by atomic mass is 10.4. The highest BCUT2D eigenvalue weighted by Gasteiger charge is 2.05. The molecule has 0 spiro atoms. The highest BCUT2D eigenvalue weighted by molar-refractivity contribution is 7.85. The van der Waals surface area contributed by atoms with Gasteiger partial charge in [0.15, 0.2) is 0 Å². The molecule has 0 unspecified atom stereocenters. The fraction of sp³-hybridized carbons (Fsp3) is 0.800. The smallest absolute Gasteiger partial charge is 0.261 e. The minimum atomic E-state index is -3.67. The van der Waals surface area contributed by atoms with Crippen LogP contribution < -0.4 is 5.32 Å². The molecule has 1 aliphatic heterocycles. The van der Waals surface area contributed by atoms with Crippen LogP contribution >= 0.6 is 0 Å². The van der Waals surface area contributed by atoms with E-state index >= 15 is 0 Å². The number of carbonyl (C=O) groups excluding carboxylic acids is 1. The van der Waals surface area contributed by atoms with Crippen molar-refractivity contribution >= 4 is 16.0 Å². The number of hydrogen-bond donors (Lipinski definition) is 2. The summed E-state index contributed by atoms with van der Waals surface area (Å²) in [5.74, 6) is 0.204. The Morgan fingerprint density at radius 2 is 2.00 bits per heavy atom. The Morgan fingerprint density at radius 1 is 1.55 bits per heavy atom. The average Bonchev–Trinajstić information content (AvgIpc) is 2.12. The van der Waals surface area contributed by atoms with Gasteiger partial charge in [0, 0.05) is 13.0 Å². The first-order chi connectivity index (χ1) is 4.89. The molecule has 0 aliphatic carbocycles. The van der Waals surface area contributed by atoms with Crippen LogP contribution in [0.1, 0.15) is 12.8 Å². The van der Waals surface area contributed by atoms with Crippen molar-refractivity contribution in [3.8, 4) is 0 Å². The van der Waals surface area contributed by atoms with E-state index in [1.54, 1.807) is 0 Å². The summed E-state index contributed by atoms with van der Waals surface area (Å²) in [6, 6.07) is 0.